The zero-order valence-corrected chi connectivity index (χ0v) is 19.0. The van der Waals surface area contributed by atoms with Crippen molar-refractivity contribution in [2.45, 2.75) is 38.9 Å². The zero-order valence-electron chi connectivity index (χ0n) is 19.0. The predicted octanol–water partition coefficient (Wildman–Crippen LogP) is 4.39. The topological polar surface area (TPSA) is 72.4 Å². The van der Waals surface area contributed by atoms with E-state index in [4.69, 9.17) is 14.6 Å². The van der Waals surface area contributed by atoms with Crippen molar-refractivity contribution in [2.24, 2.45) is 0 Å². The van der Waals surface area contributed by atoms with E-state index in [-0.39, 0.29) is 0 Å². The van der Waals surface area contributed by atoms with Crippen molar-refractivity contribution in [3.63, 3.8) is 0 Å². The number of nitrogens with zero attached hydrogens (tertiary/aromatic N) is 4. The lowest BCUT2D eigenvalue weighted by molar-refractivity contribution is 0.00578. The summed E-state index contributed by atoms with van der Waals surface area (Å²) < 4.78 is 26.8. The van der Waals surface area contributed by atoms with Crippen LogP contribution in [0.25, 0.3) is 16.6 Å². The van der Waals surface area contributed by atoms with Gasteiger partial charge in [-0.25, -0.2) is 4.98 Å². The molecule has 0 radical (unpaired) electrons. The van der Waals surface area contributed by atoms with Crippen LogP contribution in [-0.4, -0.2) is 32.7 Å². The first-order chi connectivity index (χ1) is 15.7. The third kappa shape index (κ3) is 4.65. The second-order valence-corrected chi connectivity index (χ2v) is 8.75. The molecule has 33 heavy (non-hydrogen) atoms. The van der Waals surface area contributed by atoms with Crippen molar-refractivity contribution in [3.05, 3.63) is 84.8 Å². The lowest BCUT2D eigenvalue weighted by Crippen LogP contribution is -2.41. The van der Waals surface area contributed by atoms with Gasteiger partial charge in [-0.3, -0.25) is 4.98 Å². The molecule has 0 aromatic carbocycles. The summed E-state index contributed by atoms with van der Waals surface area (Å²) in [4.78, 5) is 8.03. The van der Waals surface area contributed by atoms with E-state index in [0.717, 1.165) is 16.6 Å². The predicted molar refractivity (Wildman–Crippen MR) is 125 cm³/mol. The van der Waals surface area contributed by atoms with Gasteiger partial charge in [-0.15, -0.1) is 0 Å². The zero-order chi connectivity index (χ0) is 23.6. The molecular weight excluding hydrogens is 418 g/mol. The van der Waals surface area contributed by atoms with Crippen LogP contribution in [0.5, 0.6) is 0 Å². The fraction of sp³-hybridized carbons (Fsp3) is 0.240. The van der Waals surface area contributed by atoms with Crippen LogP contribution in [0.4, 0.5) is 4.39 Å². The molecule has 1 aliphatic rings. The Hall–Kier alpha value is -3.54. The molecular formula is C25H24BFN4O2. The first-order valence-electron chi connectivity index (χ1n) is 10.6. The Morgan fingerprint density at radius 2 is 1.70 bits per heavy atom. The standard InChI is InChI=1S/C16H18BFN2O2.C9H6N2/c1-15(2)16(3,4)22-17(21-15)13-9-11(7-8-19-13)12-5-6-14(18)20-10-12;10-7-9-5-4-8-3-1-2-6-11(8)9/h5-10H,1-4H3;1-6H. The van der Waals surface area contributed by atoms with Crippen molar-refractivity contribution >= 4 is 18.2 Å². The molecule has 1 saturated heterocycles. The van der Waals surface area contributed by atoms with E-state index in [1.807, 2.05) is 80.8 Å². The Kier molecular flexibility index (Phi) is 6.02. The van der Waals surface area contributed by atoms with Crippen LogP contribution in [-0.2, 0) is 9.31 Å². The summed E-state index contributed by atoms with van der Waals surface area (Å²) in [7, 11) is -0.515. The Bertz CT molecular complexity index is 1300. The van der Waals surface area contributed by atoms with Crippen molar-refractivity contribution in [2.75, 3.05) is 0 Å². The van der Waals surface area contributed by atoms with E-state index < -0.39 is 24.3 Å². The van der Waals surface area contributed by atoms with E-state index in [2.05, 4.69) is 16.0 Å². The van der Waals surface area contributed by atoms with Gasteiger partial charge in [0.05, 0.1) is 16.8 Å². The molecule has 8 heteroatoms. The maximum Gasteiger partial charge on any atom is 0.514 e. The number of nitriles is 1. The van der Waals surface area contributed by atoms with E-state index >= 15 is 0 Å². The number of pyridine rings is 3. The van der Waals surface area contributed by atoms with E-state index in [0.29, 0.717) is 11.3 Å². The average Bonchev–Trinajstić information content (AvgIpc) is 3.32. The molecule has 4 aromatic rings. The van der Waals surface area contributed by atoms with Gasteiger partial charge in [0.25, 0.3) is 0 Å². The molecule has 1 fully saturated rings. The molecule has 0 unspecified atom stereocenters. The van der Waals surface area contributed by atoms with Crippen molar-refractivity contribution in [1.82, 2.24) is 14.4 Å². The average molecular weight is 442 g/mol. The summed E-state index contributed by atoms with van der Waals surface area (Å²) in [6, 6.07) is 18.5. The highest BCUT2D eigenvalue weighted by Gasteiger charge is 2.52. The number of rotatable bonds is 2. The minimum Gasteiger partial charge on any atom is -0.398 e. The largest absolute Gasteiger partial charge is 0.514 e. The fourth-order valence-corrected chi connectivity index (χ4v) is 3.41. The molecule has 1 aliphatic heterocycles. The van der Waals surface area contributed by atoms with Gasteiger partial charge in [0.15, 0.2) is 0 Å². The van der Waals surface area contributed by atoms with Crippen molar-refractivity contribution in [1.29, 1.82) is 5.26 Å². The summed E-state index contributed by atoms with van der Waals surface area (Å²) in [6.45, 7) is 8.00. The summed E-state index contributed by atoms with van der Waals surface area (Å²) in [5, 5.41) is 8.65. The minimum absolute atomic E-state index is 0.410. The number of aromatic nitrogens is 3. The lowest BCUT2D eigenvalue weighted by atomic mass is 9.83. The van der Waals surface area contributed by atoms with Gasteiger partial charge in [-0.1, -0.05) is 6.07 Å². The highest BCUT2D eigenvalue weighted by Crippen LogP contribution is 2.36. The van der Waals surface area contributed by atoms with Crippen LogP contribution in [0.2, 0.25) is 0 Å². The van der Waals surface area contributed by atoms with E-state index in [1.54, 1.807) is 12.3 Å². The molecule has 0 N–H and O–H groups in total. The maximum absolute atomic E-state index is 12.9. The third-order valence-corrected chi connectivity index (χ3v) is 6.01. The van der Waals surface area contributed by atoms with Crippen LogP contribution in [0.1, 0.15) is 33.4 Å². The lowest BCUT2D eigenvalue weighted by Gasteiger charge is -2.32. The molecule has 0 aliphatic carbocycles. The number of hydrogen-bond donors (Lipinski definition) is 0. The molecule has 0 amide bonds. The molecule has 0 bridgehead atoms. The summed E-state index contributed by atoms with van der Waals surface area (Å²) >= 11 is 0. The molecule has 6 nitrogen and oxygen atoms in total. The molecule has 0 atom stereocenters. The van der Waals surface area contributed by atoms with Crippen LogP contribution in [0.15, 0.2) is 73.2 Å². The van der Waals surface area contributed by atoms with Crippen LogP contribution in [0.3, 0.4) is 0 Å². The van der Waals surface area contributed by atoms with E-state index in [9.17, 15) is 4.39 Å². The maximum atomic E-state index is 12.9. The molecule has 4 aromatic heterocycles. The Morgan fingerprint density at radius 1 is 0.939 bits per heavy atom. The van der Waals surface area contributed by atoms with Gasteiger partial charge in [-0.05, 0) is 81.8 Å². The van der Waals surface area contributed by atoms with Gasteiger partial charge < -0.3 is 13.7 Å². The summed E-state index contributed by atoms with van der Waals surface area (Å²) in [6.07, 6.45) is 5.08. The van der Waals surface area contributed by atoms with Crippen molar-refractivity contribution in [3.8, 4) is 17.2 Å². The summed E-state index contributed by atoms with van der Waals surface area (Å²) in [5.74, 6) is -0.496. The van der Waals surface area contributed by atoms with Crippen molar-refractivity contribution < 1.29 is 13.7 Å². The molecule has 5 heterocycles. The fourth-order valence-electron chi connectivity index (χ4n) is 3.41. The Balaban J connectivity index is 0.000000196. The smallest absolute Gasteiger partial charge is 0.398 e. The normalized spacial score (nSPS) is 16.2. The van der Waals surface area contributed by atoms with Gasteiger partial charge in [0.2, 0.25) is 5.95 Å². The monoisotopic (exact) mass is 442 g/mol. The first kappa shape index (κ1) is 22.7. The molecule has 5 rings (SSSR count). The SMILES string of the molecule is CC1(C)OB(c2cc(-c3ccc(F)nc3)ccn2)OC1(C)C.N#Cc1ccc2ccccn12. The second-order valence-electron chi connectivity index (χ2n) is 8.75. The molecule has 0 spiro atoms. The molecule has 166 valence electrons. The van der Waals surface area contributed by atoms with Gasteiger partial charge in [0, 0.05) is 29.7 Å². The Labute approximate surface area is 192 Å². The van der Waals surface area contributed by atoms with Crippen LogP contribution >= 0.6 is 0 Å². The number of hydrogen-bond acceptors (Lipinski definition) is 5. The van der Waals surface area contributed by atoms with Gasteiger partial charge >= 0.3 is 7.12 Å². The second kappa shape index (κ2) is 8.78. The van der Waals surface area contributed by atoms with Crippen LogP contribution in [0, 0.1) is 17.3 Å². The first-order valence-corrected chi connectivity index (χ1v) is 10.6. The highest BCUT2D eigenvalue weighted by atomic mass is 19.1. The Morgan fingerprint density at radius 3 is 2.36 bits per heavy atom. The number of halogens is 1. The third-order valence-electron chi connectivity index (χ3n) is 6.01. The van der Waals surface area contributed by atoms with Gasteiger partial charge in [-0.2, -0.15) is 9.65 Å². The minimum atomic E-state index is -0.515. The van der Waals surface area contributed by atoms with Crippen LogP contribution < -0.4 is 5.59 Å². The quantitative estimate of drug-likeness (QED) is 0.340. The van der Waals surface area contributed by atoms with E-state index in [1.165, 1.54) is 12.3 Å². The summed E-state index contributed by atoms with van der Waals surface area (Å²) in [5.41, 5.74) is 3.33. The molecule has 0 saturated carbocycles. The number of fused-ring (bicyclic) bond motifs is 1. The highest BCUT2D eigenvalue weighted by molar-refractivity contribution is 6.61. The van der Waals surface area contributed by atoms with Gasteiger partial charge in [0.1, 0.15) is 11.8 Å².